The van der Waals surface area contributed by atoms with E-state index in [9.17, 15) is 9.59 Å². The molecule has 0 saturated heterocycles. The number of nitrogens with zero attached hydrogens (tertiary/aromatic N) is 3. The summed E-state index contributed by atoms with van der Waals surface area (Å²) in [6.45, 7) is 4.56. The molecule has 1 aliphatic carbocycles. The van der Waals surface area contributed by atoms with Crippen molar-refractivity contribution in [1.29, 1.82) is 0 Å². The Balaban J connectivity index is 1.53. The van der Waals surface area contributed by atoms with Gasteiger partial charge in [-0.05, 0) is 66.6 Å². The first kappa shape index (κ1) is 25.8. The summed E-state index contributed by atoms with van der Waals surface area (Å²) in [7, 11) is 0. The van der Waals surface area contributed by atoms with Crippen molar-refractivity contribution in [2.75, 3.05) is 0 Å². The fourth-order valence-corrected chi connectivity index (χ4v) is 5.34. The molecule has 1 aliphatic rings. The van der Waals surface area contributed by atoms with Crippen LogP contribution in [0.3, 0.4) is 0 Å². The Bertz CT molecular complexity index is 1430. The molecule has 8 nitrogen and oxygen atoms in total. The van der Waals surface area contributed by atoms with E-state index in [0.717, 1.165) is 58.5 Å². The maximum Gasteiger partial charge on any atom is 0.217 e. The van der Waals surface area contributed by atoms with Crippen molar-refractivity contribution in [3.8, 4) is 0 Å². The number of aromatic nitrogens is 3. The molecule has 0 saturated carbocycles. The van der Waals surface area contributed by atoms with Gasteiger partial charge in [0.05, 0.1) is 35.4 Å². The largest absolute Gasteiger partial charge is 0.352 e. The van der Waals surface area contributed by atoms with Crippen LogP contribution in [-0.4, -0.2) is 31.5 Å². The minimum absolute atomic E-state index is 0.101. The van der Waals surface area contributed by atoms with Crippen molar-refractivity contribution in [3.63, 3.8) is 0 Å². The molecule has 2 aromatic carbocycles. The minimum atomic E-state index is -0.743. The summed E-state index contributed by atoms with van der Waals surface area (Å²) in [6.07, 6.45) is 4.95. The van der Waals surface area contributed by atoms with Gasteiger partial charge in [0.25, 0.3) is 0 Å². The first-order chi connectivity index (χ1) is 18.4. The fraction of sp³-hybridized carbons (Fsp3) is 0.333. The van der Waals surface area contributed by atoms with Crippen LogP contribution in [0.15, 0.2) is 60.8 Å². The second-order valence-electron chi connectivity index (χ2n) is 10.1. The van der Waals surface area contributed by atoms with Crippen molar-refractivity contribution in [3.05, 3.63) is 94.6 Å². The van der Waals surface area contributed by atoms with Gasteiger partial charge < -0.3 is 16.0 Å². The number of aryl methyl sites for hydroxylation is 1. The number of nitrogens with two attached hydrogens (primary N) is 1. The molecule has 2 aromatic heterocycles. The van der Waals surface area contributed by atoms with E-state index in [-0.39, 0.29) is 17.7 Å². The van der Waals surface area contributed by atoms with Gasteiger partial charge in [0.2, 0.25) is 5.91 Å². The Hall–Kier alpha value is -3.88. The number of H-pyrrole nitrogens is 1. The van der Waals surface area contributed by atoms with E-state index >= 15 is 0 Å². The highest BCUT2D eigenvalue weighted by atomic mass is 16.1. The third-order valence-electron chi connectivity index (χ3n) is 7.30. The second kappa shape index (κ2) is 11.2. The Morgan fingerprint density at radius 3 is 2.76 bits per heavy atom. The lowest BCUT2D eigenvalue weighted by molar-refractivity contribution is -0.119. The third-order valence-corrected chi connectivity index (χ3v) is 7.30. The van der Waals surface area contributed by atoms with E-state index < -0.39 is 6.04 Å². The highest BCUT2D eigenvalue weighted by Crippen LogP contribution is 2.35. The maximum absolute atomic E-state index is 12.4. The van der Waals surface area contributed by atoms with Crippen LogP contribution in [0.1, 0.15) is 72.5 Å². The van der Waals surface area contributed by atoms with E-state index in [4.69, 9.17) is 15.7 Å². The SMILES string of the molecule is CC(=O)NCc1ccc(CN(Cc2nc3ccccc3[nH]2)C2CCCc3cccnc32)c(C(N)C(C)=O)c1. The van der Waals surface area contributed by atoms with Crippen LogP contribution in [0.4, 0.5) is 0 Å². The number of ketones is 1. The summed E-state index contributed by atoms with van der Waals surface area (Å²) in [4.78, 5) is 39.4. The lowest BCUT2D eigenvalue weighted by Gasteiger charge is -2.35. The summed E-state index contributed by atoms with van der Waals surface area (Å²) in [5, 5.41) is 2.83. The summed E-state index contributed by atoms with van der Waals surface area (Å²) in [5.74, 6) is 0.678. The molecule has 0 aliphatic heterocycles. The van der Waals surface area contributed by atoms with E-state index in [1.54, 1.807) is 0 Å². The molecule has 0 radical (unpaired) electrons. The number of carbonyl (C=O) groups excluding carboxylic acids is 2. The number of rotatable bonds is 9. The molecule has 5 rings (SSSR count). The van der Waals surface area contributed by atoms with Gasteiger partial charge in [-0.2, -0.15) is 0 Å². The van der Waals surface area contributed by atoms with Crippen LogP contribution in [0, 0.1) is 0 Å². The number of para-hydroxylation sites is 2. The molecule has 2 heterocycles. The van der Waals surface area contributed by atoms with Crippen LogP contribution < -0.4 is 11.1 Å². The third kappa shape index (κ3) is 5.66. The predicted octanol–water partition coefficient (Wildman–Crippen LogP) is 4.26. The van der Waals surface area contributed by atoms with Gasteiger partial charge in [-0.25, -0.2) is 4.98 Å². The molecular formula is C30H34N6O2. The smallest absolute Gasteiger partial charge is 0.217 e. The molecule has 4 N–H and O–H groups in total. The quantitative estimate of drug-likeness (QED) is 0.310. The minimum Gasteiger partial charge on any atom is -0.352 e. The summed E-state index contributed by atoms with van der Waals surface area (Å²) < 4.78 is 0. The number of imidazole rings is 1. The van der Waals surface area contributed by atoms with E-state index in [0.29, 0.717) is 19.6 Å². The van der Waals surface area contributed by atoms with Gasteiger partial charge in [-0.3, -0.25) is 19.5 Å². The van der Waals surface area contributed by atoms with Crippen molar-refractivity contribution >= 4 is 22.7 Å². The molecular weight excluding hydrogens is 476 g/mol. The molecule has 2 atom stereocenters. The molecule has 1 amide bonds. The van der Waals surface area contributed by atoms with Gasteiger partial charge in [-0.15, -0.1) is 0 Å². The number of aromatic amines is 1. The van der Waals surface area contributed by atoms with E-state index in [1.807, 2.05) is 54.7 Å². The monoisotopic (exact) mass is 510 g/mol. The van der Waals surface area contributed by atoms with Crippen LogP contribution in [-0.2, 0) is 35.6 Å². The van der Waals surface area contributed by atoms with Gasteiger partial charge >= 0.3 is 0 Å². The summed E-state index contributed by atoms with van der Waals surface area (Å²) >= 11 is 0. The Morgan fingerprint density at radius 2 is 1.97 bits per heavy atom. The second-order valence-corrected chi connectivity index (χ2v) is 10.1. The number of hydrogen-bond acceptors (Lipinski definition) is 6. The fourth-order valence-electron chi connectivity index (χ4n) is 5.34. The Kier molecular flexibility index (Phi) is 7.62. The Morgan fingerprint density at radius 1 is 1.13 bits per heavy atom. The number of amides is 1. The van der Waals surface area contributed by atoms with Crippen molar-refractivity contribution in [2.45, 2.75) is 64.8 Å². The molecule has 4 aromatic rings. The lowest BCUT2D eigenvalue weighted by Crippen LogP contribution is -2.33. The normalized spacial score (nSPS) is 15.8. The number of fused-ring (bicyclic) bond motifs is 2. The summed E-state index contributed by atoms with van der Waals surface area (Å²) in [6, 6.07) is 17.5. The van der Waals surface area contributed by atoms with Crippen LogP contribution in [0.2, 0.25) is 0 Å². The zero-order chi connectivity index (χ0) is 26.6. The number of hydrogen-bond donors (Lipinski definition) is 3. The standard InChI is InChI=1S/C30H34N6O2/c1-19(37)29(31)24-15-21(16-33-20(2)38)12-13-23(24)17-36(18-28-34-25-9-3-4-10-26(25)35-28)27-11-5-7-22-8-6-14-32-30(22)27/h3-4,6,8-10,12-15,27,29H,5,7,11,16-18,31H2,1-2H3,(H,33,38)(H,34,35). The zero-order valence-electron chi connectivity index (χ0n) is 21.9. The highest BCUT2D eigenvalue weighted by Gasteiger charge is 2.29. The predicted molar refractivity (Wildman–Crippen MR) is 147 cm³/mol. The average molecular weight is 511 g/mol. The molecule has 0 fully saturated rings. The van der Waals surface area contributed by atoms with Gasteiger partial charge in [0.15, 0.2) is 5.78 Å². The average Bonchev–Trinajstić information content (AvgIpc) is 3.33. The molecule has 0 spiro atoms. The van der Waals surface area contributed by atoms with E-state index in [2.05, 4.69) is 21.3 Å². The number of benzene rings is 2. The lowest BCUT2D eigenvalue weighted by atomic mass is 9.89. The Labute approximate surface area is 222 Å². The highest BCUT2D eigenvalue weighted by molar-refractivity contribution is 5.83. The molecule has 8 heteroatoms. The molecule has 196 valence electrons. The first-order valence-corrected chi connectivity index (χ1v) is 13.1. The van der Waals surface area contributed by atoms with Gasteiger partial charge in [-0.1, -0.05) is 36.4 Å². The van der Waals surface area contributed by atoms with Gasteiger partial charge in [0, 0.05) is 26.2 Å². The molecule has 38 heavy (non-hydrogen) atoms. The van der Waals surface area contributed by atoms with Crippen LogP contribution >= 0.6 is 0 Å². The summed E-state index contributed by atoms with van der Waals surface area (Å²) in [5.41, 5.74) is 13.4. The molecule has 2 unspecified atom stereocenters. The zero-order valence-corrected chi connectivity index (χ0v) is 21.9. The number of nitrogens with one attached hydrogen (secondary N) is 2. The van der Waals surface area contributed by atoms with E-state index in [1.165, 1.54) is 19.4 Å². The number of Topliss-reactive ketones (excluding diaryl/α,β-unsaturated/α-hetero) is 1. The number of carbonyl (C=O) groups is 2. The number of pyridine rings is 1. The van der Waals surface area contributed by atoms with Gasteiger partial charge in [0.1, 0.15) is 5.82 Å². The first-order valence-electron chi connectivity index (χ1n) is 13.1. The maximum atomic E-state index is 12.4. The van der Waals surface area contributed by atoms with Crippen molar-refractivity contribution in [2.24, 2.45) is 5.73 Å². The van der Waals surface area contributed by atoms with Crippen molar-refractivity contribution < 1.29 is 9.59 Å². The van der Waals surface area contributed by atoms with Crippen molar-refractivity contribution in [1.82, 2.24) is 25.2 Å². The van der Waals surface area contributed by atoms with Crippen LogP contribution in [0.25, 0.3) is 11.0 Å². The van der Waals surface area contributed by atoms with Crippen LogP contribution in [0.5, 0.6) is 0 Å². The molecule has 0 bridgehead atoms. The topological polar surface area (TPSA) is 117 Å².